The van der Waals surface area contributed by atoms with Gasteiger partial charge in [-0.25, -0.2) is 4.98 Å². The molecule has 3 rings (SSSR count). The van der Waals surface area contributed by atoms with Gasteiger partial charge in [-0.05, 0) is 30.7 Å². The third-order valence-corrected chi connectivity index (χ3v) is 4.99. The van der Waals surface area contributed by atoms with Crippen molar-refractivity contribution in [1.29, 1.82) is 0 Å². The van der Waals surface area contributed by atoms with E-state index in [9.17, 15) is 0 Å². The summed E-state index contributed by atoms with van der Waals surface area (Å²) < 4.78 is 0. The minimum atomic E-state index is 0.0613. The highest BCUT2D eigenvalue weighted by atomic mass is 32.1. The van der Waals surface area contributed by atoms with Gasteiger partial charge in [-0.2, -0.15) is 0 Å². The molecular formula is C16H20N2S. The van der Waals surface area contributed by atoms with Crippen LogP contribution in [0.4, 0.5) is 0 Å². The third kappa shape index (κ3) is 2.88. The molecule has 1 aromatic carbocycles. The van der Waals surface area contributed by atoms with Crippen LogP contribution in [0.25, 0.3) is 0 Å². The molecule has 1 aromatic heterocycles. The van der Waals surface area contributed by atoms with Crippen LogP contribution in [0.1, 0.15) is 40.5 Å². The lowest BCUT2D eigenvalue weighted by Gasteiger charge is -2.15. The van der Waals surface area contributed by atoms with E-state index in [1.165, 1.54) is 34.0 Å². The molecule has 2 atom stereocenters. The van der Waals surface area contributed by atoms with Crippen molar-refractivity contribution in [3.63, 3.8) is 0 Å². The summed E-state index contributed by atoms with van der Waals surface area (Å²) in [5, 5.41) is 1.20. The highest BCUT2D eigenvalue weighted by Gasteiger charge is 2.20. The molecule has 2 unspecified atom stereocenters. The summed E-state index contributed by atoms with van der Waals surface area (Å²) in [6.45, 7) is 2.33. The van der Waals surface area contributed by atoms with Crippen LogP contribution in [-0.2, 0) is 19.3 Å². The summed E-state index contributed by atoms with van der Waals surface area (Å²) >= 11 is 1.87. The molecule has 2 N–H and O–H groups in total. The Hall–Kier alpha value is -1.19. The van der Waals surface area contributed by atoms with E-state index in [0.717, 1.165) is 18.8 Å². The zero-order valence-electron chi connectivity index (χ0n) is 11.3. The second-order valence-electron chi connectivity index (χ2n) is 5.55. The van der Waals surface area contributed by atoms with Gasteiger partial charge in [0.05, 0.1) is 10.7 Å². The molecule has 0 saturated carbocycles. The van der Waals surface area contributed by atoms with Crippen LogP contribution in [0.15, 0.2) is 30.3 Å². The quantitative estimate of drug-likeness (QED) is 0.928. The maximum atomic E-state index is 6.28. The van der Waals surface area contributed by atoms with Crippen molar-refractivity contribution in [3.05, 3.63) is 51.5 Å². The first-order valence-corrected chi connectivity index (χ1v) is 7.82. The summed E-state index contributed by atoms with van der Waals surface area (Å²) in [6.07, 6.45) is 4.48. The Bertz CT molecular complexity index is 547. The van der Waals surface area contributed by atoms with Gasteiger partial charge in [0.25, 0.3) is 0 Å². The highest BCUT2D eigenvalue weighted by molar-refractivity contribution is 7.11. The number of rotatable bonds is 3. The first-order valence-electron chi connectivity index (χ1n) is 7.00. The van der Waals surface area contributed by atoms with Gasteiger partial charge in [0, 0.05) is 17.3 Å². The van der Waals surface area contributed by atoms with Gasteiger partial charge < -0.3 is 5.73 Å². The number of hydrogen-bond acceptors (Lipinski definition) is 3. The van der Waals surface area contributed by atoms with Crippen LogP contribution in [0, 0.1) is 5.92 Å². The standard InChI is InChI=1S/C16H20N2S/c1-11-7-8-14-15(9-11)19-16(18-14)10-13(17)12-5-3-2-4-6-12/h2-6,11,13H,7-10,17H2,1H3. The number of nitrogens with zero attached hydrogens (tertiary/aromatic N) is 1. The van der Waals surface area contributed by atoms with Gasteiger partial charge in [-0.15, -0.1) is 11.3 Å². The largest absolute Gasteiger partial charge is 0.324 e. The predicted molar refractivity (Wildman–Crippen MR) is 80.4 cm³/mol. The van der Waals surface area contributed by atoms with E-state index in [-0.39, 0.29) is 6.04 Å². The summed E-state index contributed by atoms with van der Waals surface area (Å²) in [5.41, 5.74) is 8.81. The van der Waals surface area contributed by atoms with Gasteiger partial charge in [0.15, 0.2) is 0 Å². The van der Waals surface area contributed by atoms with Gasteiger partial charge >= 0.3 is 0 Å². The minimum absolute atomic E-state index is 0.0613. The Balaban J connectivity index is 1.74. The molecule has 100 valence electrons. The molecule has 0 bridgehead atoms. The molecule has 19 heavy (non-hydrogen) atoms. The number of fused-ring (bicyclic) bond motifs is 1. The Labute approximate surface area is 118 Å². The van der Waals surface area contributed by atoms with Crippen molar-refractivity contribution in [2.75, 3.05) is 0 Å². The normalized spacial score (nSPS) is 20.0. The SMILES string of the molecule is CC1CCc2nc(CC(N)c3ccccc3)sc2C1. The molecular weight excluding hydrogens is 252 g/mol. The van der Waals surface area contributed by atoms with Crippen molar-refractivity contribution in [1.82, 2.24) is 4.98 Å². The van der Waals surface area contributed by atoms with E-state index < -0.39 is 0 Å². The molecule has 0 amide bonds. The van der Waals surface area contributed by atoms with E-state index in [1.54, 1.807) is 0 Å². The smallest absolute Gasteiger partial charge is 0.0950 e. The van der Waals surface area contributed by atoms with Crippen LogP contribution in [0.5, 0.6) is 0 Å². The summed E-state index contributed by atoms with van der Waals surface area (Å²) in [4.78, 5) is 6.28. The van der Waals surface area contributed by atoms with Gasteiger partial charge in [-0.1, -0.05) is 37.3 Å². The lowest BCUT2D eigenvalue weighted by molar-refractivity contribution is 0.501. The molecule has 1 heterocycles. The number of aryl methyl sites for hydroxylation is 1. The molecule has 2 aromatic rings. The molecule has 0 radical (unpaired) electrons. The fourth-order valence-corrected chi connectivity index (χ4v) is 4.02. The second-order valence-corrected chi connectivity index (χ2v) is 6.71. The average Bonchev–Trinajstić information content (AvgIpc) is 2.81. The summed E-state index contributed by atoms with van der Waals surface area (Å²) in [6, 6.07) is 10.4. The van der Waals surface area contributed by atoms with Crippen molar-refractivity contribution < 1.29 is 0 Å². The van der Waals surface area contributed by atoms with Crippen LogP contribution < -0.4 is 5.73 Å². The minimum Gasteiger partial charge on any atom is -0.324 e. The first-order chi connectivity index (χ1) is 9.22. The van der Waals surface area contributed by atoms with E-state index >= 15 is 0 Å². The van der Waals surface area contributed by atoms with Gasteiger partial charge in [-0.3, -0.25) is 0 Å². The zero-order chi connectivity index (χ0) is 13.2. The number of nitrogens with two attached hydrogens (primary N) is 1. The zero-order valence-corrected chi connectivity index (χ0v) is 12.1. The number of hydrogen-bond donors (Lipinski definition) is 1. The molecule has 1 aliphatic rings. The third-order valence-electron chi connectivity index (χ3n) is 3.85. The van der Waals surface area contributed by atoms with Crippen LogP contribution in [-0.4, -0.2) is 4.98 Å². The number of thiazole rings is 1. The fourth-order valence-electron chi connectivity index (χ4n) is 2.69. The Morgan fingerprint density at radius 1 is 1.37 bits per heavy atom. The molecule has 2 nitrogen and oxygen atoms in total. The molecule has 1 aliphatic carbocycles. The maximum Gasteiger partial charge on any atom is 0.0950 e. The number of benzene rings is 1. The van der Waals surface area contributed by atoms with Gasteiger partial charge in [0.1, 0.15) is 0 Å². The van der Waals surface area contributed by atoms with Crippen LogP contribution >= 0.6 is 11.3 Å². The predicted octanol–water partition coefficient (Wildman–Crippen LogP) is 3.51. The van der Waals surface area contributed by atoms with Crippen molar-refractivity contribution in [2.24, 2.45) is 11.7 Å². The molecule has 3 heteroatoms. The van der Waals surface area contributed by atoms with Crippen molar-refractivity contribution >= 4 is 11.3 Å². The average molecular weight is 272 g/mol. The van der Waals surface area contributed by atoms with E-state index in [4.69, 9.17) is 10.7 Å². The first kappa shape index (κ1) is 12.8. The fraction of sp³-hybridized carbons (Fsp3) is 0.438. The lowest BCUT2D eigenvalue weighted by atomic mass is 9.93. The second kappa shape index (κ2) is 5.43. The molecule has 0 fully saturated rings. The molecule has 0 saturated heterocycles. The number of aromatic nitrogens is 1. The Morgan fingerprint density at radius 2 is 2.16 bits per heavy atom. The highest BCUT2D eigenvalue weighted by Crippen LogP contribution is 2.31. The summed E-state index contributed by atoms with van der Waals surface area (Å²) in [7, 11) is 0. The Morgan fingerprint density at radius 3 is 2.95 bits per heavy atom. The van der Waals surface area contributed by atoms with Crippen molar-refractivity contribution in [3.8, 4) is 0 Å². The molecule has 0 aliphatic heterocycles. The molecule has 0 spiro atoms. The Kier molecular flexibility index (Phi) is 3.67. The van der Waals surface area contributed by atoms with Gasteiger partial charge in [0.2, 0.25) is 0 Å². The van der Waals surface area contributed by atoms with Crippen molar-refractivity contribution in [2.45, 2.75) is 38.6 Å². The van der Waals surface area contributed by atoms with Crippen LogP contribution in [0.3, 0.4) is 0 Å². The van der Waals surface area contributed by atoms with Crippen LogP contribution in [0.2, 0.25) is 0 Å². The lowest BCUT2D eigenvalue weighted by Crippen LogP contribution is -2.13. The van der Waals surface area contributed by atoms with E-state index in [2.05, 4.69) is 19.1 Å². The van der Waals surface area contributed by atoms with E-state index in [1.807, 2.05) is 29.5 Å². The monoisotopic (exact) mass is 272 g/mol. The van der Waals surface area contributed by atoms with E-state index in [0.29, 0.717) is 0 Å². The maximum absolute atomic E-state index is 6.28. The summed E-state index contributed by atoms with van der Waals surface area (Å²) in [5.74, 6) is 0.809. The topological polar surface area (TPSA) is 38.9 Å².